The fraction of sp³-hybridized carbons (Fsp3) is 0.467. The molecule has 7 heteroatoms. The largest absolute Gasteiger partial charge is 0.504 e. The van der Waals surface area contributed by atoms with Crippen LogP contribution in [0.25, 0.3) is 0 Å². The number of phenolic OH excluding ortho intramolecular Hbond substituents is 3. The fourth-order valence-electron chi connectivity index (χ4n) is 1.63. The third-order valence-electron chi connectivity index (χ3n) is 2.84. The summed E-state index contributed by atoms with van der Waals surface area (Å²) >= 11 is 0. The molecule has 0 aromatic heterocycles. The van der Waals surface area contributed by atoms with Crippen LogP contribution in [0.4, 0.5) is 0 Å². The van der Waals surface area contributed by atoms with Crippen LogP contribution in [-0.4, -0.2) is 32.3 Å². The van der Waals surface area contributed by atoms with Crippen molar-refractivity contribution < 1.29 is 30.0 Å². The van der Waals surface area contributed by atoms with E-state index in [1.165, 1.54) is 19.3 Å². The highest BCUT2D eigenvalue weighted by Crippen LogP contribution is 2.35. The zero-order valence-electron chi connectivity index (χ0n) is 12.6. The first-order valence-corrected chi connectivity index (χ1v) is 7.06. The Morgan fingerprint density at radius 1 is 1.00 bits per heavy atom. The second-order valence-corrected chi connectivity index (χ2v) is 4.80. The number of amides is 1. The van der Waals surface area contributed by atoms with Crippen molar-refractivity contribution in [3.05, 3.63) is 17.7 Å². The number of carbonyl (C=O) groups excluding carboxylic acids is 1. The summed E-state index contributed by atoms with van der Waals surface area (Å²) in [4.78, 5) is 20.6. The molecule has 0 bridgehead atoms. The number of aromatic carboxylic acids is 1. The third-order valence-corrected chi connectivity index (χ3v) is 2.84. The van der Waals surface area contributed by atoms with Crippen molar-refractivity contribution in [2.45, 2.75) is 45.4 Å². The minimum absolute atomic E-state index is 0.170. The number of hydrogen-bond acceptors (Lipinski definition) is 5. The van der Waals surface area contributed by atoms with E-state index in [0.717, 1.165) is 25.0 Å². The summed E-state index contributed by atoms with van der Waals surface area (Å²) in [5, 5.41) is 35.0. The smallest absolute Gasteiger partial charge is 0.335 e. The molecule has 1 amide bonds. The quantitative estimate of drug-likeness (QED) is 0.386. The van der Waals surface area contributed by atoms with Crippen LogP contribution in [0, 0.1) is 0 Å². The molecule has 0 heterocycles. The molecule has 22 heavy (non-hydrogen) atoms. The van der Waals surface area contributed by atoms with Gasteiger partial charge in [-0.05, 0) is 18.6 Å². The van der Waals surface area contributed by atoms with E-state index in [2.05, 4.69) is 6.92 Å². The normalized spacial score (nSPS) is 9.68. The zero-order valence-corrected chi connectivity index (χ0v) is 12.6. The molecule has 7 nitrogen and oxygen atoms in total. The summed E-state index contributed by atoms with van der Waals surface area (Å²) in [7, 11) is 0. The minimum atomic E-state index is -1.29. The Labute approximate surface area is 129 Å². The number of unbranched alkanes of at least 4 members (excludes halogenated alkanes) is 4. The van der Waals surface area contributed by atoms with Crippen LogP contribution in [0.3, 0.4) is 0 Å². The highest BCUT2D eigenvalue weighted by molar-refractivity contribution is 5.89. The Morgan fingerprint density at radius 2 is 1.50 bits per heavy atom. The van der Waals surface area contributed by atoms with Crippen molar-refractivity contribution in [2.24, 2.45) is 5.73 Å². The van der Waals surface area contributed by atoms with Gasteiger partial charge in [0.05, 0.1) is 5.56 Å². The van der Waals surface area contributed by atoms with E-state index >= 15 is 0 Å². The number of carboxylic acid groups (broad SMARTS) is 1. The minimum Gasteiger partial charge on any atom is -0.504 e. The molecule has 0 fully saturated rings. The van der Waals surface area contributed by atoms with Crippen molar-refractivity contribution >= 4 is 11.9 Å². The zero-order chi connectivity index (χ0) is 17.1. The number of aromatic hydroxyl groups is 3. The van der Waals surface area contributed by atoms with Crippen LogP contribution in [0.5, 0.6) is 17.2 Å². The van der Waals surface area contributed by atoms with Crippen LogP contribution >= 0.6 is 0 Å². The number of hydrogen-bond donors (Lipinski definition) is 5. The van der Waals surface area contributed by atoms with Gasteiger partial charge in [0.2, 0.25) is 5.91 Å². The van der Waals surface area contributed by atoms with Crippen LogP contribution in [0.2, 0.25) is 0 Å². The predicted molar refractivity (Wildman–Crippen MR) is 81.0 cm³/mol. The number of rotatable bonds is 7. The average molecular weight is 313 g/mol. The second kappa shape index (κ2) is 10.3. The molecule has 0 radical (unpaired) electrons. The molecule has 0 spiro atoms. The van der Waals surface area contributed by atoms with Gasteiger partial charge in [0, 0.05) is 6.42 Å². The monoisotopic (exact) mass is 313 g/mol. The highest BCUT2D eigenvalue weighted by Gasteiger charge is 2.11. The Morgan fingerprint density at radius 3 is 1.91 bits per heavy atom. The molecule has 0 unspecified atom stereocenters. The maximum atomic E-state index is 10.3. The summed E-state index contributed by atoms with van der Waals surface area (Å²) in [6.07, 6.45) is 6.44. The molecule has 124 valence electrons. The molecule has 1 rings (SSSR count). The van der Waals surface area contributed by atoms with Gasteiger partial charge in [0.15, 0.2) is 17.2 Å². The first-order valence-electron chi connectivity index (χ1n) is 7.06. The van der Waals surface area contributed by atoms with Gasteiger partial charge in [-0.3, -0.25) is 4.79 Å². The second-order valence-electron chi connectivity index (χ2n) is 4.80. The Balaban J connectivity index is 0.000000409. The number of phenols is 3. The van der Waals surface area contributed by atoms with Gasteiger partial charge in [0.1, 0.15) is 0 Å². The molecule has 1 aromatic carbocycles. The lowest BCUT2D eigenvalue weighted by atomic mass is 10.1. The van der Waals surface area contributed by atoms with E-state index in [1.54, 1.807) is 0 Å². The highest BCUT2D eigenvalue weighted by atomic mass is 16.4. The Hall–Kier alpha value is -2.44. The summed E-state index contributed by atoms with van der Waals surface area (Å²) in [5.41, 5.74) is 4.68. The fourth-order valence-corrected chi connectivity index (χ4v) is 1.63. The molecular weight excluding hydrogens is 290 g/mol. The van der Waals surface area contributed by atoms with Crippen molar-refractivity contribution in [2.75, 3.05) is 0 Å². The van der Waals surface area contributed by atoms with Crippen molar-refractivity contribution in [1.29, 1.82) is 0 Å². The lowest BCUT2D eigenvalue weighted by Gasteiger charge is -2.01. The first kappa shape index (κ1) is 19.6. The van der Waals surface area contributed by atoms with Crippen LogP contribution in [-0.2, 0) is 4.79 Å². The third kappa shape index (κ3) is 7.98. The number of carboxylic acids is 1. The first-order chi connectivity index (χ1) is 10.3. The van der Waals surface area contributed by atoms with Gasteiger partial charge in [-0.25, -0.2) is 4.79 Å². The van der Waals surface area contributed by atoms with Crippen LogP contribution in [0.1, 0.15) is 55.8 Å². The lowest BCUT2D eigenvalue weighted by Crippen LogP contribution is -2.09. The average Bonchev–Trinajstić information content (AvgIpc) is 2.44. The number of carbonyl (C=O) groups is 2. The summed E-state index contributed by atoms with van der Waals surface area (Å²) in [5.74, 6) is -3.50. The van der Waals surface area contributed by atoms with Gasteiger partial charge in [0.25, 0.3) is 0 Å². The molecule has 0 aliphatic heterocycles. The molecule has 1 aromatic rings. The number of nitrogens with two attached hydrogens (primary N) is 1. The molecule has 6 N–H and O–H groups in total. The van der Waals surface area contributed by atoms with E-state index in [9.17, 15) is 9.59 Å². The summed E-state index contributed by atoms with van der Waals surface area (Å²) < 4.78 is 0. The van der Waals surface area contributed by atoms with Crippen LogP contribution in [0.15, 0.2) is 12.1 Å². The number of benzene rings is 1. The van der Waals surface area contributed by atoms with E-state index in [1.807, 2.05) is 0 Å². The number of primary amides is 1. The molecule has 0 atom stereocenters. The standard InChI is InChI=1S/C8H17NO.C7H6O5/c1-2-3-4-5-6-7-8(9)10;8-4-1-3(7(11)12)2-5(9)6(4)10/h2-7H2,1H3,(H2,9,10);1-2,8-10H,(H,11,12). The lowest BCUT2D eigenvalue weighted by molar-refractivity contribution is -0.118. The van der Waals surface area contributed by atoms with Crippen LogP contribution < -0.4 is 5.73 Å². The SMILES string of the molecule is CCCCCCCC(N)=O.O=C(O)c1cc(O)c(O)c(O)c1. The van der Waals surface area contributed by atoms with Gasteiger partial charge in [-0.15, -0.1) is 0 Å². The molecule has 0 aliphatic carbocycles. The van der Waals surface area contributed by atoms with Gasteiger partial charge >= 0.3 is 5.97 Å². The summed E-state index contributed by atoms with van der Waals surface area (Å²) in [6.45, 7) is 2.17. The van der Waals surface area contributed by atoms with Crippen molar-refractivity contribution in [3.8, 4) is 17.2 Å². The van der Waals surface area contributed by atoms with Crippen molar-refractivity contribution in [3.63, 3.8) is 0 Å². The Kier molecular flexibility index (Phi) is 9.17. The molecule has 0 aliphatic rings. The van der Waals surface area contributed by atoms with Gasteiger partial charge in [-0.2, -0.15) is 0 Å². The topological polar surface area (TPSA) is 141 Å². The van der Waals surface area contributed by atoms with Gasteiger partial charge in [-0.1, -0.05) is 32.6 Å². The Bertz CT molecular complexity index is 478. The maximum Gasteiger partial charge on any atom is 0.335 e. The van der Waals surface area contributed by atoms with Crippen molar-refractivity contribution in [1.82, 2.24) is 0 Å². The molecular formula is C15H23NO6. The van der Waals surface area contributed by atoms with E-state index in [0.29, 0.717) is 6.42 Å². The maximum absolute atomic E-state index is 10.3. The van der Waals surface area contributed by atoms with E-state index in [4.69, 9.17) is 26.2 Å². The van der Waals surface area contributed by atoms with Gasteiger partial charge < -0.3 is 26.2 Å². The van der Waals surface area contributed by atoms with E-state index in [-0.39, 0.29) is 11.5 Å². The molecule has 0 saturated carbocycles. The summed E-state index contributed by atoms with van der Waals surface area (Å²) in [6, 6.07) is 1.69. The van der Waals surface area contributed by atoms with E-state index < -0.39 is 23.2 Å². The molecule has 0 saturated heterocycles. The predicted octanol–water partition coefficient (Wildman–Crippen LogP) is 2.33.